The predicted octanol–water partition coefficient (Wildman–Crippen LogP) is 3.08. The number of nitrogens with one attached hydrogen (secondary N) is 1. The summed E-state index contributed by atoms with van der Waals surface area (Å²) < 4.78 is 5.71. The van der Waals surface area contributed by atoms with E-state index in [-0.39, 0.29) is 24.8 Å². The molecule has 0 aromatic heterocycles. The van der Waals surface area contributed by atoms with Crippen LogP contribution in [0.15, 0.2) is 42.5 Å². The lowest BCUT2D eigenvalue weighted by molar-refractivity contribution is -0.127. The number of benzene rings is 2. The van der Waals surface area contributed by atoms with Crippen LogP contribution in [-0.4, -0.2) is 31.5 Å². The van der Waals surface area contributed by atoms with Crippen molar-refractivity contribution in [2.24, 2.45) is 0 Å². The first-order valence-corrected chi connectivity index (χ1v) is 8.46. The Kier molecular flexibility index (Phi) is 5.16. The van der Waals surface area contributed by atoms with Gasteiger partial charge in [0.05, 0.1) is 28.7 Å². The maximum absolute atomic E-state index is 12.8. The van der Waals surface area contributed by atoms with E-state index in [1.807, 2.05) is 6.07 Å². The molecule has 0 radical (unpaired) electrons. The van der Waals surface area contributed by atoms with Gasteiger partial charge in [-0.25, -0.2) is 0 Å². The highest BCUT2D eigenvalue weighted by atomic mass is 35.5. The number of carbonyl (C=O) groups excluding carboxylic acids is 2. The molecule has 1 aliphatic heterocycles. The Bertz CT molecular complexity index is 826. The standard InChI is InChI=1S/C18H16Cl2N2O3/c1-21-18(24)16-10-22(14-4-2-3-5-15(14)25-16)17(23)9-11-6-7-12(19)13(20)8-11/h2-8,16H,9-10H2,1H3,(H,21,24). The molecule has 130 valence electrons. The number of hydrogen-bond acceptors (Lipinski definition) is 3. The number of ether oxygens (including phenoxy) is 1. The van der Waals surface area contributed by atoms with E-state index in [9.17, 15) is 9.59 Å². The van der Waals surface area contributed by atoms with Crippen LogP contribution in [0.2, 0.25) is 10.0 Å². The largest absolute Gasteiger partial charge is 0.477 e. The average molecular weight is 379 g/mol. The lowest BCUT2D eigenvalue weighted by Crippen LogP contribution is -2.50. The van der Waals surface area contributed by atoms with Crippen LogP contribution in [0.1, 0.15) is 5.56 Å². The number of halogens is 2. The van der Waals surface area contributed by atoms with Gasteiger partial charge in [0.25, 0.3) is 5.91 Å². The van der Waals surface area contributed by atoms with Crippen molar-refractivity contribution in [1.29, 1.82) is 0 Å². The van der Waals surface area contributed by atoms with Gasteiger partial charge in [0.15, 0.2) is 6.10 Å². The maximum Gasteiger partial charge on any atom is 0.262 e. The van der Waals surface area contributed by atoms with Gasteiger partial charge in [-0.15, -0.1) is 0 Å². The van der Waals surface area contributed by atoms with Crippen molar-refractivity contribution in [3.05, 3.63) is 58.1 Å². The number of anilines is 1. The van der Waals surface area contributed by atoms with Crippen LogP contribution >= 0.6 is 23.2 Å². The van der Waals surface area contributed by atoms with Gasteiger partial charge in [0, 0.05) is 7.05 Å². The lowest BCUT2D eigenvalue weighted by Gasteiger charge is -2.34. The molecule has 1 heterocycles. The summed E-state index contributed by atoms with van der Waals surface area (Å²) in [6, 6.07) is 12.2. The monoisotopic (exact) mass is 378 g/mol. The van der Waals surface area contributed by atoms with E-state index in [4.69, 9.17) is 27.9 Å². The number of para-hydroxylation sites is 2. The Balaban J connectivity index is 1.87. The quantitative estimate of drug-likeness (QED) is 0.892. The zero-order chi connectivity index (χ0) is 18.0. The summed E-state index contributed by atoms with van der Waals surface area (Å²) in [7, 11) is 1.54. The van der Waals surface area contributed by atoms with Gasteiger partial charge >= 0.3 is 0 Å². The summed E-state index contributed by atoms with van der Waals surface area (Å²) in [6.45, 7) is 0.150. The number of fused-ring (bicyclic) bond motifs is 1. The van der Waals surface area contributed by atoms with Crippen LogP contribution in [0.25, 0.3) is 0 Å². The maximum atomic E-state index is 12.8. The number of likely N-dealkylation sites (N-methyl/N-ethyl adjacent to an activating group) is 1. The Labute approximate surface area is 155 Å². The summed E-state index contributed by atoms with van der Waals surface area (Å²) in [5, 5.41) is 3.39. The minimum absolute atomic E-state index is 0.145. The smallest absolute Gasteiger partial charge is 0.262 e. The summed E-state index contributed by atoms with van der Waals surface area (Å²) in [4.78, 5) is 26.4. The number of hydrogen-bond donors (Lipinski definition) is 1. The van der Waals surface area contributed by atoms with Gasteiger partial charge in [-0.2, -0.15) is 0 Å². The van der Waals surface area contributed by atoms with Gasteiger partial charge in [0.1, 0.15) is 5.75 Å². The third-order valence-electron chi connectivity index (χ3n) is 3.95. The molecule has 1 unspecified atom stereocenters. The van der Waals surface area contributed by atoms with E-state index >= 15 is 0 Å². The molecule has 2 aromatic rings. The third kappa shape index (κ3) is 3.72. The summed E-state index contributed by atoms with van der Waals surface area (Å²) >= 11 is 11.9. The van der Waals surface area contributed by atoms with Gasteiger partial charge < -0.3 is 15.0 Å². The topological polar surface area (TPSA) is 58.6 Å². The second-order valence-electron chi connectivity index (χ2n) is 5.62. The fourth-order valence-electron chi connectivity index (χ4n) is 2.69. The van der Waals surface area contributed by atoms with Crippen molar-refractivity contribution in [3.63, 3.8) is 0 Å². The molecule has 0 aliphatic carbocycles. The summed E-state index contributed by atoms with van der Waals surface area (Å²) in [6.07, 6.45) is -0.608. The summed E-state index contributed by atoms with van der Waals surface area (Å²) in [5.41, 5.74) is 1.40. The fraction of sp³-hybridized carbons (Fsp3) is 0.222. The van der Waals surface area contributed by atoms with Gasteiger partial charge in [-0.3, -0.25) is 9.59 Å². The minimum atomic E-state index is -0.752. The number of carbonyl (C=O) groups is 2. The molecule has 1 aliphatic rings. The van der Waals surface area contributed by atoms with Crippen molar-refractivity contribution in [3.8, 4) is 5.75 Å². The Hall–Kier alpha value is -2.24. The molecular formula is C18H16Cl2N2O3. The van der Waals surface area contributed by atoms with Crippen molar-refractivity contribution < 1.29 is 14.3 Å². The van der Waals surface area contributed by atoms with E-state index in [0.29, 0.717) is 21.5 Å². The Morgan fingerprint density at radius 3 is 2.68 bits per heavy atom. The molecule has 0 saturated carbocycles. The molecular weight excluding hydrogens is 363 g/mol. The molecule has 25 heavy (non-hydrogen) atoms. The van der Waals surface area contributed by atoms with Crippen LogP contribution in [0.4, 0.5) is 5.69 Å². The second kappa shape index (κ2) is 7.33. The predicted molar refractivity (Wildman–Crippen MR) is 97.4 cm³/mol. The SMILES string of the molecule is CNC(=O)C1CN(C(=O)Cc2ccc(Cl)c(Cl)c2)c2ccccc2O1. The van der Waals surface area contributed by atoms with E-state index in [1.165, 1.54) is 7.05 Å². The molecule has 5 nitrogen and oxygen atoms in total. The normalized spacial score (nSPS) is 16.0. The molecule has 0 bridgehead atoms. The molecule has 2 amide bonds. The zero-order valence-electron chi connectivity index (χ0n) is 13.5. The number of rotatable bonds is 3. The first-order chi connectivity index (χ1) is 12.0. The van der Waals surface area contributed by atoms with Crippen molar-refractivity contribution in [2.45, 2.75) is 12.5 Å². The fourth-order valence-corrected chi connectivity index (χ4v) is 3.01. The van der Waals surface area contributed by atoms with Gasteiger partial charge in [-0.1, -0.05) is 41.4 Å². The molecule has 0 fully saturated rings. The first kappa shape index (κ1) is 17.6. The Morgan fingerprint density at radius 1 is 1.20 bits per heavy atom. The third-order valence-corrected chi connectivity index (χ3v) is 4.69. The zero-order valence-corrected chi connectivity index (χ0v) is 15.0. The van der Waals surface area contributed by atoms with Gasteiger partial charge in [0.2, 0.25) is 5.91 Å². The Morgan fingerprint density at radius 2 is 1.96 bits per heavy atom. The van der Waals surface area contributed by atoms with E-state index in [1.54, 1.807) is 41.3 Å². The van der Waals surface area contributed by atoms with Crippen LogP contribution < -0.4 is 15.0 Å². The summed E-state index contributed by atoms with van der Waals surface area (Å²) in [5.74, 6) is 0.0784. The molecule has 0 saturated heterocycles. The second-order valence-corrected chi connectivity index (χ2v) is 6.43. The number of amides is 2. The number of nitrogens with zero attached hydrogens (tertiary/aromatic N) is 1. The van der Waals surface area contributed by atoms with Crippen molar-refractivity contribution in [2.75, 3.05) is 18.5 Å². The minimum Gasteiger partial charge on any atom is -0.477 e. The molecule has 7 heteroatoms. The van der Waals surface area contributed by atoms with Crippen molar-refractivity contribution in [1.82, 2.24) is 5.32 Å². The molecule has 1 atom stereocenters. The highest BCUT2D eigenvalue weighted by Gasteiger charge is 2.33. The molecule has 1 N–H and O–H groups in total. The average Bonchev–Trinajstić information content (AvgIpc) is 2.63. The first-order valence-electron chi connectivity index (χ1n) is 7.71. The van der Waals surface area contributed by atoms with Crippen molar-refractivity contribution >= 4 is 40.7 Å². The van der Waals surface area contributed by atoms with Crippen LogP contribution in [-0.2, 0) is 16.0 Å². The molecule has 2 aromatic carbocycles. The van der Waals surface area contributed by atoms with E-state index in [0.717, 1.165) is 5.56 Å². The van der Waals surface area contributed by atoms with E-state index in [2.05, 4.69) is 5.32 Å². The highest BCUT2D eigenvalue weighted by molar-refractivity contribution is 6.42. The van der Waals surface area contributed by atoms with E-state index < -0.39 is 6.10 Å². The highest BCUT2D eigenvalue weighted by Crippen LogP contribution is 2.33. The molecule has 0 spiro atoms. The van der Waals surface area contributed by atoms with Gasteiger partial charge in [-0.05, 0) is 29.8 Å². The molecule has 3 rings (SSSR count). The lowest BCUT2D eigenvalue weighted by atomic mass is 10.1. The van der Waals surface area contributed by atoms with Crippen LogP contribution in [0.3, 0.4) is 0 Å². The van der Waals surface area contributed by atoms with Crippen LogP contribution in [0.5, 0.6) is 5.75 Å². The van der Waals surface area contributed by atoms with Crippen LogP contribution in [0, 0.1) is 0 Å².